The number of aliphatic carboxylic acids is 1. The Morgan fingerprint density at radius 1 is 1.25 bits per heavy atom. The summed E-state index contributed by atoms with van der Waals surface area (Å²) in [6, 6.07) is 6.86. The van der Waals surface area contributed by atoms with Crippen molar-refractivity contribution in [2.24, 2.45) is 0 Å². The molecule has 2 aromatic rings. The highest BCUT2D eigenvalue weighted by Gasteiger charge is 2.10. The van der Waals surface area contributed by atoms with Gasteiger partial charge in [0.25, 0.3) is 5.56 Å². The number of carboxylic acid groups (broad SMARTS) is 1. The number of carbonyl (C=O) groups excluding carboxylic acids is 1. The monoisotopic (exact) mass is 275 g/mol. The Labute approximate surface area is 113 Å². The van der Waals surface area contributed by atoms with Crippen LogP contribution in [0.4, 0.5) is 0 Å². The van der Waals surface area contributed by atoms with Crippen molar-refractivity contribution in [1.82, 2.24) is 15.5 Å². The largest absolute Gasteiger partial charge is 0.481 e. The molecule has 0 spiro atoms. The summed E-state index contributed by atoms with van der Waals surface area (Å²) in [5.41, 5.74) is 0.142. The third-order valence-corrected chi connectivity index (χ3v) is 2.76. The highest BCUT2D eigenvalue weighted by molar-refractivity contribution is 5.88. The number of carboxylic acids is 1. The Bertz CT molecular complexity index is 708. The zero-order valence-electron chi connectivity index (χ0n) is 10.5. The van der Waals surface area contributed by atoms with Crippen molar-refractivity contribution in [3.8, 4) is 0 Å². The maximum Gasteiger partial charge on any atom is 0.305 e. The van der Waals surface area contributed by atoms with Crippen molar-refractivity contribution in [3.05, 3.63) is 40.3 Å². The first-order valence-corrected chi connectivity index (χ1v) is 6.02. The van der Waals surface area contributed by atoms with Gasteiger partial charge in [0.1, 0.15) is 0 Å². The fourth-order valence-electron chi connectivity index (χ4n) is 1.83. The third-order valence-electron chi connectivity index (χ3n) is 2.76. The number of benzene rings is 1. The van der Waals surface area contributed by atoms with Crippen molar-refractivity contribution in [1.29, 1.82) is 0 Å². The minimum atomic E-state index is -0.974. The smallest absolute Gasteiger partial charge is 0.305 e. The van der Waals surface area contributed by atoms with Crippen LogP contribution in [0.25, 0.3) is 10.8 Å². The second-order valence-electron chi connectivity index (χ2n) is 4.22. The second kappa shape index (κ2) is 5.96. The van der Waals surface area contributed by atoms with Gasteiger partial charge in [-0.3, -0.25) is 14.4 Å². The number of amides is 1. The van der Waals surface area contributed by atoms with Gasteiger partial charge in [0.05, 0.1) is 23.9 Å². The molecule has 1 aromatic heterocycles. The van der Waals surface area contributed by atoms with Gasteiger partial charge in [-0.2, -0.15) is 5.10 Å². The lowest BCUT2D eigenvalue weighted by Gasteiger charge is -2.05. The van der Waals surface area contributed by atoms with Gasteiger partial charge in [-0.05, 0) is 6.07 Å². The summed E-state index contributed by atoms with van der Waals surface area (Å²) < 4.78 is 0. The molecule has 0 saturated carbocycles. The Kier molecular flexibility index (Phi) is 4.09. The molecule has 0 aliphatic heterocycles. The molecule has 1 aromatic carbocycles. The quantitative estimate of drug-likeness (QED) is 0.714. The van der Waals surface area contributed by atoms with Crippen molar-refractivity contribution in [2.45, 2.75) is 12.8 Å². The van der Waals surface area contributed by atoms with E-state index < -0.39 is 5.97 Å². The van der Waals surface area contributed by atoms with Crippen LogP contribution in [0.1, 0.15) is 12.1 Å². The maximum atomic E-state index is 11.7. The molecule has 0 aliphatic carbocycles. The highest BCUT2D eigenvalue weighted by atomic mass is 16.4. The molecule has 104 valence electrons. The molecule has 0 atom stereocenters. The van der Waals surface area contributed by atoms with E-state index in [1.807, 2.05) is 0 Å². The number of fused-ring (bicyclic) bond motifs is 1. The lowest BCUT2D eigenvalue weighted by Crippen LogP contribution is -2.28. The SMILES string of the molecule is O=C(O)CCNC(=O)Cc1n[nH]c(=O)c2ccccc12. The van der Waals surface area contributed by atoms with Crippen LogP contribution in [0.2, 0.25) is 0 Å². The topological polar surface area (TPSA) is 112 Å². The lowest BCUT2D eigenvalue weighted by molar-refractivity contribution is -0.136. The molecule has 20 heavy (non-hydrogen) atoms. The Morgan fingerprint density at radius 2 is 1.95 bits per heavy atom. The number of nitrogens with one attached hydrogen (secondary N) is 2. The number of hydrogen-bond donors (Lipinski definition) is 3. The Balaban J connectivity index is 2.14. The van der Waals surface area contributed by atoms with E-state index in [2.05, 4.69) is 15.5 Å². The van der Waals surface area contributed by atoms with Gasteiger partial charge >= 0.3 is 5.97 Å². The molecule has 7 heteroatoms. The first-order chi connectivity index (χ1) is 9.58. The first-order valence-electron chi connectivity index (χ1n) is 6.02. The van der Waals surface area contributed by atoms with E-state index >= 15 is 0 Å². The van der Waals surface area contributed by atoms with Gasteiger partial charge in [0.2, 0.25) is 5.91 Å². The van der Waals surface area contributed by atoms with Crippen molar-refractivity contribution >= 4 is 22.6 Å². The van der Waals surface area contributed by atoms with E-state index in [0.29, 0.717) is 16.5 Å². The number of hydrogen-bond acceptors (Lipinski definition) is 4. The van der Waals surface area contributed by atoms with Crippen LogP contribution in [0.3, 0.4) is 0 Å². The molecule has 3 N–H and O–H groups in total. The summed E-state index contributed by atoms with van der Waals surface area (Å²) in [6.45, 7) is 0.0649. The number of H-pyrrole nitrogens is 1. The number of aromatic amines is 1. The molecule has 2 rings (SSSR count). The van der Waals surface area contributed by atoms with E-state index in [1.165, 1.54) is 0 Å². The minimum Gasteiger partial charge on any atom is -0.481 e. The zero-order chi connectivity index (χ0) is 14.5. The van der Waals surface area contributed by atoms with Crippen LogP contribution in [-0.2, 0) is 16.0 Å². The average molecular weight is 275 g/mol. The fourth-order valence-corrected chi connectivity index (χ4v) is 1.83. The molecule has 1 heterocycles. The molecular formula is C13H13N3O4. The van der Waals surface area contributed by atoms with Gasteiger partial charge in [-0.1, -0.05) is 18.2 Å². The summed E-state index contributed by atoms with van der Waals surface area (Å²) in [5, 5.41) is 18.3. The number of nitrogens with zero attached hydrogens (tertiary/aromatic N) is 1. The van der Waals surface area contributed by atoms with E-state index in [0.717, 1.165) is 0 Å². The van der Waals surface area contributed by atoms with E-state index in [4.69, 9.17) is 5.11 Å². The van der Waals surface area contributed by atoms with Crippen LogP contribution in [0, 0.1) is 0 Å². The van der Waals surface area contributed by atoms with Crippen LogP contribution in [0.5, 0.6) is 0 Å². The maximum absolute atomic E-state index is 11.7. The molecule has 7 nitrogen and oxygen atoms in total. The summed E-state index contributed by atoms with van der Waals surface area (Å²) in [6.07, 6.45) is -0.150. The van der Waals surface area contributed by atoms with E-state index in [-0.39, 0.29) is 30.9 Å². The summed E-state index contributed by atoms with van der Waals surface area (Å²) in [5.74, 6) is -1.31. The van der Waals surface area contributed by atoms with Crippen LogP contribution in [-0.4, -0.2) is 33.7 Å². The van der Waals surface area contributed by atoms with Crippen molar-refractivity contribution in [3.63, 3.8) is 0 Å². The van der Waals surface area contributed by atoms with Gasteiger partial charge in [0, 0.05) is 11.9 Å². The minimum absolute atomic E-state index is 0.0170. The standard InChI is InChI=1S/C13H13N3O4/c17-11(14-6-5-12(18)19)7-10-8-3-1-2-4-9(8)13(20)16-15-10/h1-4H,5-7H2,(H,14,17)(H,16,20)(H,18,19). The molecule has 0 unspecified atom stereocenters. The predicted octanol–water partition coefficient (Wildman–Crippen LogP) is 0.0565. The first kappa shape index (κ1) is 13.7. The van der Waals surface area contributed by atoms with Crippen LogP contribution >= 0.6 is 0 Å². The molecular weight excluding hydrogens is 262 g/mol. The van der Waals surface area contributed by atoms with Gasteiger partial charge in [0.15, 0.2) is 0 Å². The van der Waals surface area contributed by atoms with Crippen LogP contribution < -0.4 is 10.9 Å². The fraction of sp³-hybridized carbons (Fsp3) is 0.231. The Morgan fingerprint density at radius 3 is 2.65 bits per heavy atom. The highest BCUT2D eigenvalue weighted by Crippen LogP contribution is 2.12. The van der Waals surface area contributed by atoms with Crippen LogP contribution in [0.15, 0.2) is 29.1 Å². The Hall–Kier alpha value is -2.70. The van der Waals surface area contributed by atoms with Gasteiger partial charge in [-0.25, -0.2) is 5.10 Å². The molecule has 1 amide bonds. The molecule has 0 aliphatic rings. The lowest BCUT2D eigenvalue weighted by atomic mass is 10.1. The average Bonchev–Trinajstić information content (AvgIpc) is 2.42. The third kappa shape index (κ3) is 3.19. The van der Waals surface area contributed by atoms with Crippen molar-refractivity contribution < 1.29 is 14.7 Å². The van der Waals surface area contributed by atoms with E-state index in [9.17, 15) is 14.4 Å². The number of aromatic nitrogens is 2. The second-order valence-corrected chi connectivity index (χ2v) is 4.22. The predicted molar refractivity (Wildman–Crippen MR) is 71.3 cm³/mol. The van der Waals surface area contributed by atoms with Gasteiger partial charge in [-0.15, -0.1) is 0 Å². The number of rotatable bonds is 5. The molecule has 0 fully saturated rings. The summed E-state index contributed by atoms with van der Waals surface area (Å²) in [4.78, 5) is 33.6. The zero-order valence-corrected chi connectivity index (χ0v) is 10.5. The molecule has 0 bridgehead atoms. The summed E-state index contributed by atoms with van der Waals surface area (Å²) in [7, 11) is 0. The van der Waals surface area contributed by atoms with Crippen molar-refractivity contribution in [2.75, 3.05) is 6.54 Å². The molecule has 0 radical (unpaired) electrons. The number of carbonyl (C=O) groups is 2. The normalized spacial score (nSPS) is 10.4. The van der Waals surface area contributed by atoms with E-state index in [1.54, 1.807) is 24.3 Å². The molecule has 0 saturated heterocycles. The summed E-state index contributed by atoms with van der Waals surface area (Å²) >= 11 is 0. The van der Waals surface area contributed by atoms with Gasteiger partial charge < -0.3 is 10.4 Å².